The van der Waals surface area contributed by atoms with E-state index in [0.29, 0.717) is 10.0 Å². The second-order valence-corrected chi connectivity index (χ2v) is 4.48. The van der Waals surface area contributed by atoms with Crippen molar-refractivity contribution in [1.29, 1.82) is 0 Å². The van der Waals surface area contributed by atoms with Crippen molar-refractivity contribution in [2.75, 3.05) is 0 Å². The second-order valence-electron chi connectivity index (χ2n) is 3.63. The van der Waals surface area contributed by atoms with E-state index in [1.54, 1.807) is 24.3 Å². The van der Waals surface area contributed by atoms with E-state index in [2.05, 4.69) is 15.9 Å². The summed E-state index contributed by atoms with van der Waals surface area (Å²) in [7, 11) is 0. The lowest BCUT2D eigenvalue weighted by Crippen LogP contribution is -2.01. The molecule has 88 valence electrons. The van der Waals surface area contributed by atoms with Crippen LogP contribution in [-0.2, 0) is 0 Å². The fourth-order valence-electron chi connectivity index (χ4n) is 1.61. The number of hydrogen-bond donors (Lipinski definition) is 1. The van der Waals surface area contributed by atoms with E-state index in [9.17, 15) is 13.9 Å². The van der Waals surface area contributed by atoms with Crippen molar-refractivity contribution in [3.8, 4) is 0 Å². The molecule has 1 atom stereocenters. The van der Waals surface area contributed by atoms with E-state index in [0.717, 1.165) is 18.2 Å². The van der Waals surface area contributed by atoms with Crippen LogP contribution < -0.4 is 0 Å². The minimum atomic E-state index is -1.06. The third-order valence-electron chi connectivity index (χ3n) is 2.40. The zero-order valence-corrected chi connectivity index (χ0v) is 10.3. The minimum absolute atomic E-state index is 0.189. The van der Waals surface area contributed by atoms with Crippen LogP contribution in [0.2, 0.25) is 0 Å². The van der Waals surface area contributed by atoms with Crippen LogP contribution >= 0.6 is 15.9 Å². The average Bonchev–Trinajstić information content (AvgIpc) is 2.27. The molecule has 0 aromatic heterocycles. The van der Waals surface area contributed by atoms with Gasteiger partial charge in [0, 0.05) is 10.5 Å². The molecule has 0 amide bonds. The molecular formula is C13H9BrF2O. The normalized spacial score (nSPS) is 12.5. The third-order valence-corrected chi connectivity index (χ3v) is 3.12. The quantitative estimate of drug-likeness (QED) is 0.894. The maximum atomic E-state index is 13.0. The van der Waals surface area contributed by atoms with Gasteiger partial charge in [0.05, 0.1) is 0 Å². The van der Waals surface area contributed by atoms with Crippen LogP contribution in [0.1, 0.15) is 17.2 Å². The molecule has 0 heterocycles. The fraction of sp³-hybridized carbons (Fsp3) is 0.0769. The number of hydrogen-bond acceptors (Lipinski definition) is 1. The molecule has 0 unspecified atom stereocenters. The topological polar surface area (TPSA) is 20.2 Å². The fourth-order valence-corrected chi connectivity index (χ4v) is 2.11. The zero-order chi connectivity index (χ0) is 12.4. The van der Waals surface area contributed by atoms with Gasteiger partial charge in [-0.2, -0.15) is 0 Å². The van der Waals surface area contributed by atoms with Gasteiger partial charge in [0.25, 0.3) is 0 Å². The maximum Gasteiger partial charge on any atom is 0.126 e. The molecule has 0 bridgehead atoms. The van der Waals surface area contributed by atoms with Crippen molar-refractivity contribution >= 4 is 15.9 Å². The molecule has 0 fully saturated rings. The van der Waals surface area contributed by atoms with Crippen LogP contribution in [0.15, 0.2) is 46.9 Å². The Kier molecular flexibility index (Phi) is 3.54. The first-order valence-electron chi connectivity index (χ1n) is 4.96. The highest BCUT2D eigenvalue weighted by atomic mass is 79.9. The highest BCUT2D eigenvalue weighted by Gasteiger charge is 2.14. The Morgan fingerprint density at radius 3 is 2.18 bits per heavy atom. The summed E-state index contributed by atoms with van der Waals surface area (Å²) in [5.41, 5.74) is 0.756. The van der Waals surface area contributed by atoms with Crippen molar-refractivity contribution in [3.63, 3.8) is 0 Å². The maximum absolute atomic E-state index is 13.0. The summed E-state index contributed by atoms with van der Waals surface area (Å²) in [5.74, 6) is -1.41. The molecule has 4 heteroatoms. The minimum Gasteiger partial charge on any atom is -0.384 e. The van der Waals surface area contributed by atoms with Gasteiger partial charge in [-0.25, -0.2) is 8.78 Å². The predicted molar refractivity (Wildman–Crippen MR) is 64.6 cm³/mol. The van der Waals surface area contributed by atoms with Gasteiger partial charge in [-0.1, -0.05) is 34.1 Å². The average molecular weight is 299 g/mol. The summed E-state index contributed by atoms with van der Waals surface area (Å²) < 4.78 is 26.8. The summed E-state index contributed by atoms with van der Waals surface area (Å²) in [5, 5.41) is 10.1. The lowest BCUT2D eigenvalue weighted by molar-refractivity contribution is 0.218. The second kappa shape index (κ2) is 4.94. The summed E-state index contributed by atoms with van der Waals surface area (Å²) in [6.45, 7) is 0. The summed E-state index contributed by atoms with van der Waals surface area (Å²) in [6.07, 6.45) is -1.06. The molecule has 1 N–H and O–H groups in total. The number of rotatable bonds is 2. The smallest absolute Gasteiger partial charge is 0.126 e. The van der Waals surface area contributed by atoms with Gasteiger partial charge < -0.3 is 5.11 Å². The molecular weight excluding hydrogens is 290 g/mol. The van der Waals surface area contributed by atoms with E-state index in [1.165, 1.54) is 0 Å². The summed E-state index contributed by atoms with van der Waals surface area (Å²) in [6, 6.07) is 10.0. The molecule has 0 aliphatic heterocycles. The Hall–Kier alpha value is -1.26. The highest BCUT2D eigenvalue weighted by Crippen LogP contribution is 2.28. The third kappa shape index (κ3) is 2.70. The first-order chi connectivity index (χ1) is 8.08. The standard InChI is InChI=1S/C13H9BrF2O/c14-12-4-2-1-3-11(12)13(17)8-5-9(15)7-10(16)6-8/h1-7,13,17H/t13-/m1/s1. The van der Waals surface area contributed by atoms with Crippen molar-refractivity contribution < 1.29 is 13.9 Å². The molecule has 0 saturated carbocycles. The van der Waals surface area contributed by atoms with Gasteiger partial charge in [0.2, 0.25) is 0 Å². The highest BCUT2D eigenvalue weighted by molar-refractivity contribution is 9.10. The first kappa shape index (κ1) is 12.2. The molecule has 2 aromatic carbocycles. The Bertz CT molecular complexity index is 522. The molecule has 0 spiro atoms. The Morgan fingerprint density at radius 2 is 1.59 bits per heavy atom. The van der Waals surface area contributed by atoms with Crippen LogP contribution in [0.3, 0.4) is 0 Å². The zero-order valence-electron chi connectivity index (χ0n) is 8.70. The van der Waals surface area contributed by atoms with E-state index >= 15 is 0 Å². The Morgan fingerprint density at radius 1 is 1.00 bits per heavy atom. The molecule has 0 radical (unpaired) electrons. The Balaban J connectivity index is 2.43. The molecule has 2 aromatic rings. The predicted octanol–water partition coefficient (Wildman–Crippen LogP) is 3.81. The molecule has 17 heavy (non-hydrogen) atoms. The van der Waals surface area contributed by atoms with Crippen molar-refractivity contribution in [3.05, 3.63) is 69.7 Å². The SMILES string of the molecule is O[C@H](c1cc(F)cc(F)c1)c1ccccc1Br. The van der Waals surface area contributed by atoms with Gasteiger partial charge in [0.15, 0.2) is 0 Å². The van der Waals surface area contributed by atoms with Crippen LogP contribution in [0.5, 0.6) is 0 Å². The van der Waals surface area contributed by atoms with Gasteiger partial charge in [0.1, 0.15) is 17.7 Å². The molecule has 2 rings (SSSR count). The van der Waals surface area contributed by atoms with Crippen molar-refractivity contribution in [2.45, 2.75) is 6.10 Å². The van der Waals surface area contributed by atoms with Crippen molar-refractivity contribution in [2.24, 2.45) is 0 Å². The van der Waals surface area contributed by atoms with Crippen molar-refractivity contribution in [1.82, 2.24) is 0 Å². The van der Waals surface area contributed by atoms with Gasteiger partial charge in [-0.15, -0.1) is 0 Å². The lowest BCUT2D eigenvalue weighted by Gasteiger charge is -2.13. The van der Waals surface area contributed by atoms with Gasteiger partial charge in [-0.05, 0) is 29.3 Å². The monoisotopic (exact) mass is 298 g/mol. The molecule has 0 aliphatic carbocycles. The molecule has 0 aliphatic rings. The van der Waals surface area contributed by atoms with Crippen LogP contribution in [-0.4, -0.2) is 5.11 Å². The summed E-state index contributed by atoms with van der Waals surface area (Å²) in [4.78, 5) is 0. The van der Waals surface area contributed by atoms with Crippen LogP contribution in [0.25, 0.3) is 0 Å². The van der Waals surface area contributed by atoms with E-state index in [4.69, 9.17) is 0 Å². The number of aliphatic hydroxyl groups is 1. The molecule has 1 nitrogen and oxygen atoms in total. The lowest BCUT2D eigenvalue weighted by atomic mass is 10.0. The van der Waals surface area contributed by atoms with E-state index in [-0.39, 0.29) is 5.56 Å². The summed E-state index contributed by atoms with van der Waals surface area (Å²) >= 11 is 3.28. The van der Waals surface area contributed by atoms with E-state index < -0.39 is 17.7 Å². The van der Waals surface area contributed by atoms with E-state index in [1.807, 2.05) is 0 Å². The van der Waals surface area contributed by atoms with Gasteiger partial charge in [-0.3, -0.25) is 0 Å². The Labute approximate surface area is 106 Å². The largest absolute Gasteiger partial charge is 0.384 e. The first-order valence-corrected chi connectivity index (χ1v) is 5.75. The van der Waals surface area contributed by atoms with Crippen LogP contribution in [0.4, 0.5) is 8.78 Å². The number of aliphatic hydroxyl groups excluding tert-OH is 1. The van der Waals surface area contributed by atoms with Crippen LogP contribution in [0, 0.1) is 11.6 Å². The number of halogens is 3. The molecule has 0 saturated heterocycles. The number of benzene rings is 2. The van der Waals surface area contributed by atoms with Gasteiger partial charge >= 0.3 is 0 Å².